The van der Waals surface area contributed by atoms with Crippen molar-refractivity contribution in [1.29, 1.82) is 5.26 Å². The number of hydrogen-bond acceptors (Lipinski definition) is 2. The number of rotatable bonds is 5. The quantitative estimate of drug-likeness (QED) is 0.323. The summed E-state index contributed by atoms with van der Waals surface area (Å²) < 4.78 is 7.75. The van der Waals surface area contributed by atoms with E-state index in [-0.39, 0.29) is 6.61 Å². The summed E-state index contributed by atoms with van der Waals surface area (Å²) in [5.41, 5.74) is 5.74. The Labute approximate surface area is 181 Å². The molecular formula is C28H20N2O. The van der Waals surface area contributed by atoms with Crippen LogP contribution in [0.4, 0.5) is 0 Å². The third-order valence-electron chi connectivity index (χ3n) is 5.38. The van der Waals surface area contributed by atoms with Gasteiger partial charge in [0.2, 0.25) is 0 Å². The Kier molecular flexibility index (Phi) is 4.96. The average Bonchev–Trinajstić information content (AvgIpc) is 3.28. The number of aromatic nitrogens is 1. The molecule has 1 heterocycles. The summed E-state index contributed by atoms with van der Waals surface area (Å²) in [6.07, 6.45) is 0. The minimum Gasteiger partial charge on any atom is -0.479 e. The van der Waals surface area contributed by atoms with Gasteiger partial charge in [-0.25, -0.2) is 0 Å². The SMILES string of the molecule is N#CCOc1ccc2cc(-c3ccc(-c4ccccc4)n3-c3ccccc3)ccc2c1. The molecule has 0 radical (unpaired) electrons. The summed E-state index contributed by atoms with van der Waals surface area (Å²) >= 11 is 0. The molecule has 0 bridgehead atoms. The molecular weight excluding hydrogens is 380 g/mol. The zero-order chi connectivity index (χ0) is 21.0. The lowest BCUT2D eigenvalue weighted by Crippen LogP contribution is -1.99. The largest absolute Gasteiger partial charge is 0.479 e. The predicted octanol–water partition coefficient (Wildman–Crippen LogP) is 6.87. The first kappa shape index (κ1) is 18.7. The van der Waals surface area contributed by atoms with Crippen LogP contribution in [0.15, 0.2) is 109 Å². The van der Waals surface area contributed by atoms with Crippen LogP contribution in [-0.4, -0.2) is 11.2 Å². The third-order valence-corrected chi connectivity index (χ3v) is 5.38. The Bertz CT molecular complexity index is 1380. The first-order chi connectivity index (χ1) is 15.3. The van der Waals surface area contributed by atoms with Crippen LogP contribution in [-0.2, 0) is 0 Å². The van der Waals surface area contributed by atoms with Gasteiger partial charge in [0, 0.05) is 5.69 Å². The fraction of sp³-hybridized carbons (Fsp3) is 0.0357. The normalized spacial score (nSPS) is 10.7. The molecule has 0 N–H and O–H groups in total. The molecule has 31 heavy (non-hydrogen) atoms. The van der Waals surface area contributed by atoms with E-state index >= 15 is 0 Å². The maximum Gasteiger partial charge on any atom is 0.174 e. The second-order valence-electron chi connectivity index (χ2n) is 7.31. The predicted molar refractivity (Wildman–Crippen MR) is 125 cm³/mol. The molecule has 4 aromatic carbocycles. The van der Waals surface area contributed by atoms with Gasteiger partial charge in [0.25, 0.3) is 0 Å². The number of fused-ring (bicyclic) bond motifs is 1. The van der Waals surface area contributed by atoms with Crippen molar-refractivity contribution < 1.29 is 4.74 Å². The number of hydrogen-bond donors (Lipinski definition) is 0. The lowest BCUT2D eigenvalue weighted by atomic mass is 10.0. The average molecular weight is 400 g/mol. The van der Waals surface area contributed by atoms with Crippen LogP contribution in [0.3, 0.4) is 0 Å². The molecule has 148 valence electrons. The molecule has 3 nitrogen and oxygen atoms in total. The minimum atomic E-state index is 0.0520. The molecule has 0 unspecified atom stereocenters. The van der Waals surface area contributed by atoms with Crippen molar-refractivity contribution in [1.82, 2.24) is 4.57 Å². The number of ether oxygens (including phenoxy) is 1. The van der Waals surface area contributed by atoms with Gasteiger partial charge in [-0.3, -0.25) is 0 Å². The van der Waals surface area contributed by atoms with Gasteiger partial charge in [-0.1, -0.05) is 66.7 Å². The van der Waals surface area contributed by atoms with Gasteiger partial charge in [0.1, 0.15) is 11.8 Å². The zero-order valence-corrected chi connectivity index (χ0v) is 16.9. The van der Waals surface area contributed by atoms with E-state index in [1.165, 1.54) is 5.56 Å². The topological polar surface area (TPSA) is 37.9 Å². The van der Waals surface area contributed by atoms with Gasteiger partial charge in [-0.15, -0.1) is 0 Å². The minimum absolute atomic E-state index is 0.0520. The van der Waals surface area contributed by atoms with Crippen LogP contribution < -0.4 is 4.74 Å². The molecule has 0 amide bonds. The van der Waals surface area contributed by atoms with Gasteiger partial charge in [0.05, 0.1) is 11.4 Å². The molecule has 5 aromatic rings. The molecule has 0 aliphatic heterocycles. The summed E-state index contributed by atoms with van der Waals surface area (Å²) in [4.78, 5) is 0. The monoisotopic (exact) mass is 400 g/mol. The Morgan fingerprint density at radius 3 is 2.03 bits per heavy atom. The van der Waals surface area contributed by atoms with Crippen molar-refractivity contribution in [3.63, 3.8) is 0 Å². The fourth-order valence-corrected chi connectivity index (χ4v) is 3.94. The van der Waals surface area contributed by atoms with Crippen molar-refractivity contribution in [2.45, 2.75) is 0 Å². The van der Waals surface area contributed by atoms with E-state index in [4.69, 9.17) is 10.00 Å². The lowest BCUT2D eigenvalue weighted by molar-refractivity contribution is 0.368. The molecule has 0 saturated carbocycles. The number of nitriles is 1. The third kappa shape index (κ3) is 3.68. The second kappa shape index (κ2) is 8.22. The van der Waals surface area contributed by atoms with E-state index in [1.54, 1.807) is 0 Å². The molecule has 0 aliphatic carbocycles. The Morgan fingerprint density at radius 2 is 1.29 bits per heavy atom. The number of para-hydroxylation sites is 1. The molecule has 0 fully saturated rings. The first-order valence-corrected chi connectivity index (χ1v) is 10.2. The van der Waals surface area contributed by atoms with Crippen LogP contribution in [0.1, 0.15) is 0 Å². The van der Waals surface area contributed by atoms with Crippen molar-refractivity contribution in [3.05, 3.63) is 109 Å². The first-order valence-electron chi connectivity index (χ1n) is 10.2. The highest BCUT2D eigenvalue weighted by molar-refractivity contribution is 5.88. The molecule has 0 spiro atoms. The summed E-state index contributed by atoms with van der Waals surface area (Å²) in [5.74, 6) is 0.709. The summed E-state index contributed by atoms with van der Waals surface area (Å²) in [6.45, 7) is 0.0520. The van der Waals surface area contributed by atoms with Crippen LogP contribution in [0.2, 0.25) is 0 Å². The maximum absolute atomic E-state index is 8.73. The van der Waals surface area contributed by atoms with E-state index in [1.807, 2.05) is 36.4 Å². The van der Waals surface area contributed by atoms with Crippen LogP contribution in [0.25, 0.3) is 39.0 Å². The highest BCUT2D eigenvalue weighted by atomic mass is 16.5. The van der Waals surface area contributed by atoms with Crippen LogP contribution in [0, 0.1) is 11.3 Å². The fourth-order valence-electron chi connectivity index (χ4n) is 3.94. The van der Waals surface area contributed by atoms with Crippen molar-refractivity contribution in [3.8, 4) is 40.0 Å². The van der Waals surface area contributed by atoms with Gasteiger partial charge < -0.3 is 9.30 Å². The number of nitrogens with zero attached hydrogens (tertiary/aromatic N) is 2. The lowest BCUT2D eigenvalue weighted by Gasteiger charge is -2.15. The zero-order valence-electron chi connectivity index (χ0n) is 16.9. The van der Waals surface area contributed by atoms with Crippen molar-refractivity contribution in [2.24, 2.45) is 0 Å². The van der Waals surface area contributed by atoms with E-state index in [0.29, 0.717) is 5.75 Å². The van der Waals surface area contributed by atoms with Gasteiger partial charge in [-0.2, -0.15) is 5.26 Å². The Balaban J connectivity index is 1.64. The van der Waals surface area contributed by atoms with Crippen LogP contribution >= 0.6 is 0 Å². The van der Waals surface area contributed by atoms with Crippen LogP contribution in [0.5, 0.6) is 5.75 Å². The summed E-state index contributed by atoms with van der Waals surface area (Å²) in [5, 5.41) is 10.9. The molecule has 3 heteroatoms. The molecule has 0 saturated heterocycles. The maximum atomic E-state index is 8.73. The summed E-state index contributed by atoms with van der Waals surface area (Å²) in [6, 6.07) is 39.6. The highest BCUT2D eigenvalue weighted by Gasteiger charge is 2.14. The molecule has 0 aliphatic rings. The molecule has 5 rings (SSSR count). The van der Waals surface area contributed by atoms with E-state index in [2.05, 4.69) is 83.4 Å². The van der Waals surface area contributed by atoms with E-state index < -0.39 is 0 Å². The van der Waals surface area contributed by atoms with E-state index in [9.17, 15) is 0 Å². The standard InChI is InChI=1S/C28H20N2O/c29-17-18-31-26-14-13-22-19-24(12-11-23(22)20-26)28-16-15-27(21-7-3-1-4-8-21)30(28)25-9-5-2-6-10-25/h1-16,19-20H,18H2. The molecule has 0 atom stereocenters. The van der Waals surface area contributed by atoms with Crippen molar-refractivity contribution >= 4 is 10.8 Å². The van der Waals surface area contributed by atoms with Gasteiger partial charge in [-0.05, 0) is 64.4 Å². The Hall–Kier alpha value is -4.29. The number of benzene rings is 4. The second-order valence-corrected chi connectivity index (χ2v) is 7.31. The Morgan fingerprint density at radius 1 is 0.645 bits per heavy atom. The van der Waals surface area contributed by atoms with Gasteiger partial charge in [0.15, 0.2) is 6.61 Å². The smallest absolute Gasteiger partial charge is 0.174 e. The van der Waals surface area contributed by atoms with E-state index in [0.717, 1.165) is 33.4 Å². The summed E-state index contributed by atoms with van der Waals surface area (Å²) in [7, 11) is 0. The van der Waals surface area contributed by atoms with Gasteiger partial charge >= 0.3 is 0 Å². The molecule has 1 aromatic heterocycles. The van der Waals surface area contributed by atoms with Crippen molar-refractivity contribution in [2.75, 3.05) is 6.61 Å². The highest BCUT2D eigenvalue weighted by Crippen LogP contribution is 2.34.